The summed E-state index contributed by atoms with van der Waals surface area (Å²) in [6, 6.07) is 1.79. The van der Waals surface area contributed by atoms with Crippen LogP contribution >= 0.6 is 11.6 Å². The summed E-state index contributed by atoms with van der Waals surface area (Å²) in [5.41, 5.74) is -0.393. The second kappa shape index (κ2) is 5.54. The number of hydrogen-bond acceptors (Lipinski definition) is 3. The van der Waals surface area contributed by atoms with E-state index in [1.165, 1.54) is 0 Å². The highest BCUT2D eigenvalue weighted by Gasteiger charge is 2.19. The molecule has 0 unspecified atom stereocenters. The summed E-state index contributed by atoms with van der Waals surface area (Å²) >= 11 is 5.57. The molecule has 0 radical (unpaired) electrons. The molecule has 0 aliphatic rings. The molecule has 0 aromatic heterocycles. The topological polar surface area (TPSA) is 66.4 Å². The molecule has 0 saturated heterocycles. The molecule has 0 saturated carbocycles. The van der Waals surface area contributed by atoms with Gasteiger partial charge in [0.15, 0.2) is 5.75 Å². The Bertz CT molecular complexity index is 567. The van der Waals surface area contributed by atoms with Gasteiger partial charge in [-0.1, -0.05) is 32.4 Å². The summed E-state index contributed by atoms with van der Waals surface area (Å²) in [5.74, 6) is -1.33. The van der Waals surface area contributed by atoms with Gasteiger partial charge in [-0.25, -0.2) is 12.8 Å². The van der Waals surface area contributed by atoms with Crippen molar-refractivity contribution in [2.45, 2.75) is 27.2 Å². The fourth-order valence-electron chi connectivity index (χ4n) is 1.30. The molecular weight excluding hydrogens is 293 g/mol. The van der Waals surface area contributed by atoms with Crippen molar-refractivity contribution < 1.29 is 17.9 Å². The molecule has 0 aliphatic heterocycles. The van der Waals surface area contributed by atoms with Crippen LogP contribution < -0.4 is 4.72 Å². The maximum atomic E-state index is 13.1. The Morgan fingerprint density at radius 1 is 1.37 bits per heavy atom. The van der Waals surface area contributed by atoms with Gasteiger partial charge in [-0.15, -0.1) is 0 Å². The first-order valence-corrected chi connectivity index (χ1v) is 7.72. The molecule has 0 aliphatic carbocycles. The van der Waals surface area contributed by atoms with E-state index in [0.29, 0.717) is 6.42 Å². The Balaban J connectivity index is 2.90. The van der Waals surface area contributed by atoms with Gasteiger partial charge < -0.3 is 5.11 Å². The van der Waals surface area contributed by atoms with Crippen molar-refractivity contribution >= 4 is 27.3 Å². The molecule has 4 nitrogen and oxygen atoms in total. The number of nitrogens with one attached hydrogen (secondary N) is 1. The molecule has 0 heterocycles. The van der Waals surface area contributed by atoms with E-state index >= 15 is 0 Å². The number of benzene rings is 1. The normalized spacial score (nSPS) is 12.5. The minimum absolute atomic E-state index is 0.121. The van der Waals surface area contributed by atoms with Crippen LogP contribution in [-0.4, -0.2) is 19.3 Å². The second-order valence-corrected chi connectivity index (χ2v) is 7.76. The summed E-state index contributed by atoms with van der Waals surface area (Å²) < 4.78 is 38.9. The summed E-state index contributed by atoms with van der Waals surface area (Å²) in [6.07, 6.45) is 0.437. The quantitative estimate of drug-likeness (QED) is 0.838. The molecule has 1 aromatic rings. The second-order valence-electron chi connectivity index (χ2n) is 5.52. The first-order chi connectivity index (χ1) is 8.50. The van der Waals surface area contributed by atoms with Crippen molar-refractivity contribution in [3.63, 3.8) is 0 Å². The number of anilines is 1. The Morgan fingerprint density at radius 3 is 2.47 bits per heavy atom. The maximum absolute atomic E-state index is 13.1. The predicted octanol–water partition coefficient (Wildman–Crippen LogP) is 3.36. The number of sulfonamides is 1. The van der Waals surface area contributed by atoms with Gasteiger partial charge in [0, 0.05) is 6.07 Å². The molecule has 2 N–H and O–H groups in total. The first-order valence-electron chi connectivity index (χ1n) is 5.69. The monoisotopic (exact) mass is 309 g/mol. The zero-order chi connectivity index (χ0) is 14.8. The van der Waals surface area contributed by atoms with Gasteiger partial charge in [0.1, 0.15) is 5.82 Å². The predicted molar refractivity (Wildman–Crippen MR) is 74.6 cm³/mol. The van der Waals surface area contributed by atoms with Crippen LogP contribution in [0.25, 0.3) is 0 Å². The Kier molecular flexibility index (Phi) is 4.68. The third kappa shape index (κ3) is 5.24. The Hall–Kier alpha value is -1.01. The van der Waals surface area contributed by atoms with Crippen molar-refractivity contribution in [3.05, 3.63) is 23.0 Å². The minimum Gasteiger partial charge on any atom is -0.504 e. The average molecular weight is 310 g/mol. The number of phenolic OH excluding ortho intramolecular Hbond substituents is 1. The number of rotatable bonds is 4. The van der Waals surface area contributed by atoms with Crippen LogP contribution in [0.5, 0.6) is 5.75 Å². The molecule has 108 valence electrons. The molecule has 1 aromatic carbocycles. The average Bonchev–Trinajstić information content (AvgIpc) is 2.21. The highest BCUT2D eigenvalue weighted by molar-refractivity contribution is 7.92. The fraction of sp³-hybridized carbons (Fsp3) is 0.500. The lowest BCUT2D eigenvalue weighted by atomic mass is 9.94. The molecule has 7 heteroatoms. The minimum atomic E-state index is -3.66. The first kappa shape index (κ1) is 16.0. The number of halogens is 2. The smallest absolute Gasteiger partial charge is 0.232 e. The van der Waals surface area contributed by atoms with Crippen molar-refractivity contribution in [2.24, 2.45) is 5.41 Å². The highest BCUT2D eigenvalue weighted by Crippen LogP contribution is 2.33. The lowest BCUT2D eigenvalue weighted by molar-refractivity contribution is 0.397. The van der Waals surface area contributed by atoms with Gasteiger partial charge in [0.2, 0.25) is 10.0 Å². The summed E-state index contributed by atoms with van der Waals surface area (Å²) in [5, 5.41) is 9.35. The molecule has 1 rings (SSSR count). The third-order valence-electron chi connectivity index (χ3n) is 2.41. The van der Waals surface area contributed by atoms with E-state index in [9.17, 15) is 17.9 Å². The molecular formula is C12H17ClFNO3S. The number of aromatic hydroxyl groups is 1. The summed E-state index contributed by atoms with van der Waals surface area (Å²) in [6.45, 7) is 5.75. The SMILES string of the molecule is CC(C)(C)CCS(=O)(=O)Nc1cc(F)cc(Cl)c1O. The van der Waals surface area contributed by atoms with Gasteiger partial charge in [0.25, 0.3) is 0 Å². The van der Waals surface area contributed by atoms with Crippen LogP contribution in [-0.2, 0) is 10.0 Å². The van der Waals surface area contributed by atoms with Crippen LogP contribution in [0.1, 0.15) is 27.2 Å². The van der Waals surface area contributed by atoms with E-state index in [1.54, 1.807) is 0 Å². The number of hydrogen-bond donors (Lipinski definition) is 2. The van der Waals surface area contributed by atoms with Crippen LogP contribution in [0.4, 0.5) is 10.1 Å². The summed E-state index contributed by atoms with van der Waals surface area (Å²) in [4.78, 5) is 0. The maximum Gasteiger partial charge on any atom is 0.232 e. The zero-order valence-electron chi connectivity index (χ0n) is 11.0. The lowest BCUT2D eigenvalue weighted by Crippen LogP contribution is -2.21. The van der Waals surface area contributed by atoms with Gasteiger partial charge in [0.05, 0.1) is 16.5 Å². The van der Waals surface area contributed by atoms with E-state index in [0.717, 1.165) is 12.1 Å². The highest BCUT2D eigenvalue weighted by atomic mass is 35.5. The van der Waals surface area contributed by atoms with E-state index in [1.807, 2.05) is 20.8 Å². The van der Waals surface area contributed by atoms with Gasteiger partial charge >= 0.3 is 0 Å². The molecule has 0 amide bonds. The van der Waals surface area contributed by atoms with Crippen LogP contribution in [0.15, 0.2) is 12.1 Å². The van der Waals surface area contributed by atoms with E-state index in [2.05, 4.69) is 4.72 Å². The van der Waals surface area contributed by atoms with Gasteiger partial charge in [-0.05, 0) is 17.9 Å². The number of phenols is 1. The molecule has 0 atom stereocenters. The van der Waals surface area contributed by atoms with Gasteiger partial charge in [-0.3, -0.25) is 4.72 Å². The molecule has 0 fully saturated rings. The Morgan fingerprint density at radius 2 is 1.95 bits per heavy atom. The van der Waals surface area contributed by atoms with Crippen LogP contribution in [0.2, 0.25) is 5.02 Å². The van der Waals surface area contributed by atoms with Crippen molar-refractivity contribution in [1.82, 2.24) is 0 Å². The van der Waals surface area contributed by atoms with Crippen molar-refractivity contribution in [1.29, 1.82) is 0 Å². The largest absolute Gasteiger partial charge is 0.504 e. The molecule has 19 heavy (non-hydrogen) atoms. The molecule has 0 spiro atoms. The lowest BCUT2D eigenvalue weighted by Gasteiger charge is -2.18. The van der Waals surface area contributed by atoms with E-state index in [4.69, 9.17) is 11.6 Å². The van der Waals surface area contributed by atoms with Crippen LogP contribution in [0.3, 0.4) is 0 Å². The van der Waals surface area contributed by atoms with E-state index < -0.39 is 21.6 Å². The van der Waals surface area contributed by atoms with E-state index in [-0.39, 0.29) is 21.9 Å². The fourth-order valence-corrected chi connectivity index (χ4v) is 2.98. The van der Waals surface area contributed by atoms with Crippen LogP contribution in [0, 0.1) is 11.2 Å². The van der Waals surface area contributed by atoms with Crippen molar-refractivity contribution in [2.75, 3.05) is 10.5 Å². The zero-order valence-corrected chi connectivity index (χ0v) is 12.6. The molecule has 0 bridgehead atoms. The third-order valence-corrected chi connectivity index (χ3v) is 3.98. The standard InChI is InChI=1S/C12H17ClFNO3S/c1-12(2,3)4-5-19(17,18)15-10-7-8(14)6-9(13)11(10)16/h6-7,15-16H,4-5H2,1-3H3. The summed E-state index contributed by atoms with van der Waals surface area (Å²) in [7, 11) is -3.66. The van der Waals surface area contributed by atoms with Gasteiger partial charge in [-0.2, -0.15) is 0 Å². The Labute approximate surface area is 117 Å². The van der Waals surface area contributed by atoms with Crippen molar-refractivity contribution in [3.8, 4) is 5.75 Å².